The van der Waals surface area contributed by atoms with Gasteiger partial charge in [0.05, 0.1) is 11.2 Å². The van der Waals surface area contributed by atoms with Gasteiger partial charge in [-0.15, -0.1) is 0 Å². The fourth-order valence-corrected chi connectivity index (χ4v) is 4.30. The summed E-state index contributed by atoms with van der Waals surface area (Å²) >= 11 is 0. The van der Waals surface area contributed by atoms with Gasteiger partial charge in [-0.2, -0.15) is 0 Å². The Labute approximate surface area is 158 Å². The number of ketones is 1. The Bertz CT molecular complexity index is 1250. The molecule has 3 aromatic carbocycles. The van der Waals surface area contributed by atoms with Crippen molar-refractivity contribution in [3.05, 3.63) is 88.5 Å². The number of aryl methyl sites for hydroxylation is 3. The first-order valence-electron chi connectivity index (χ1n) is 9.20. The summed E-state index contributed by atoms with van der Waals surface area (Å²) < 4.78 is 0. The van der Waals surface area contributed by atoms with Gasteiger partial charge in [0.1, 0.15) is 0 Å². The lowest BCUT2D eigenvalue weighted by molar-refractivity contribution is 0.104. The lowest BCUT2D eigenvalue weighted by Crippen LogP contribution is -2.11. The minimum Gasteiger partial charge on any atom is -0.289 e. The Morgan fingerprint density at radius 2 is 1.44 bits per heavy atom. The van der Waals surface area contributed by atoms with Crippen molar-refractivity contribution >= 4 is 16.7 Å². The second-order valence-corrected chi connectivity index (χ2v) is 7.46. The molecule has 2 nitrogen and oxygen atoms in total. The van der Waals surface area contributed by atoms with Gasteiger partial charge in [0.15, 0.2) is 5.78 Å². The number of nitrogens with zero attached hydrogens (tertiary/aromatic N) is 1. The van der Waals surface area contributed by atoms with Gasteiger partial charge in [-0.25, -0.2) is 4.98 Å². The molecule has 1 aromatic heterocycles. The van der Waals surface area contributed by atoms with E-state index in [9.17, 15) is 4.79 Å². The van der Waals surface area contributed by atoms with Gasteiger partial charge in [0.2, 0.25) is 0 Å². The van der Waals surface area contributed by atoms with Crippen molar-refractivity contribution in [2.45, 2.75) is 20.8 Å². The molecule has 1 heterocycles. The molecule has 1 aliphatic carbocycles. The molecular weight excluding hydrogens is 330 g/mol. The third-order valence-electron chi connectivity index (χ3n) is 5.38. The van der Waals surface area contributed by atoms with E-state index in [1.54, 1.807) is 0 Å². The number of rotatable bonds is 1. The third kappa shape index (κ3) is 2.33. The van der Waals surface area contributed by atoms with Crippen LogP contribution in [-0.2, 0) is 0 Å². The Morgan fingerprint density at radius 3 is 2.22 bits per heavy atom. The summed E-state index contributed by atoms with van der Waals surface area (Å²) in [4.78, 5) is 18.0. The summed E-state index contributed by atoms with van der Waals surface area (Å²) in [5, 5.41) is 0.970. The molecule has 0 saturated heterocycles. The van der Waals surface area contributed by atoms with Crippen LogP contribution in [0.3, 0.4) is 0 Å². The van der Waals surface area contributed by atoms with Crippen LogP contribution in [0.15, 0.2) is 60.7 Å². The summed E-state index contributed by atoms with van der Waals surface area (Å²) in [5.74, 6) is 0.0905. The number of hydrogen-bond donors (Lipinski definition) is 0. The smallest absolute Gasteiger partial charge is 0.194 e. The van der Waals surface area contributed by atoms with Crippen molar-refractivity contribution in [3.8, 4) is 22.4 Å². The maximum Gasteiger partial charge on any atom is 0.194 e. The lowest BCUT2D eigenvalue weighted by Gasteiger charge is -2.22. The number of benzene rings is 3. The average molecular weight is 349 g/mol. The Kier molecular flexibility index (Phi) is 3.32. The van der Waals surface area contributed by atoms with Gasteiger partial charge >= 0.3 is 0 Å². The first-order chi connectivity index (χ1) is 13.0. The average Bonchev–Trinajstić information content (AvgIpc) is 2.64. The molecule has 4 aromatic rings. The van der Waals surface area contributed by atoms with Crippen LogP contribution in [0.1, 0.15) is 32.6 Å². The molecule has 0 fully saturated rings. The van der Waals surface area contributed by atoms with Crippen molar-refractivity contribution < 1.29 is 4.79 Å². The molecule has 27 heavy (non-hydrogen) atoms. The van der Waals surface area contributed by atoms with Crippen LogP contribution in [0.4, 0.5) is 0 Å². The molecular formula is C25H19NO. The van der Waals surface area contributed by atoms with Crippen molar-refractivity contribution in [2.75, 3.05) is 0 Å². The number of fused-ring (bicyclic) bond motifs is 2. The normalized spacial score (nSPS) is 12.3. The highest BCUT2D eigenvalue weighted by Gasteiger charge is 2.27. The molecule has 0 aliphatic heterocycles. The van der Waals surface area contributed by atoms with Crippen LogP contribution in [0.25, 0.3) is 33.3 Å². The van der Waals surface area contributed by atoms with Gasteiger partial charge < -0.3 is 0 Å². The molecule has 2 heteroatoms. The highest BCUT2D eigenvalue weighted by Crippen LogP contribution is 2.42. The van der Waals surface area contributed by atoms with E-state index in [1.165, 1.54) is 11.1 Å². The van der Waals surface area contributed by atoms with E-state index in [1.807, 2.05) is 30.3 Å². The zero-order chi connectivity index (χ0) is 18.7. The fraction of sp³-hybridized carbons (Fsp3) is 0.120. The van der Waals surface area contributed by atoms with E-state index < -0.39 is 0 Å². The molecule has 130 valence electrons. The summed E-state index contributed by atoms with van der Waals surface area (Å²) in [6, 6.07) is 20.5. The van der Waals surface area contributed by atoms with Gasteiger partial charge in [-0.3, -0.25) is 4.79 Å². The van der Waals surface area contributed by atoms with Crippen LogP contribution < -0.4 is 0 Å². The van der Waals surface area contributed by atoms with E-state index in [0.29, 0.717) is 0 Å². The number of aromatic nitrogens is 1. The molecule has 1 aliphatic rings. The first-order valence-corrected chi connectivity index (χ1v) is 9.20. The summed E-state index contributed by atoms with van der Waals surface area (Å²) in [6.07, 6.45) is 0. The third-order valence-corrected chi connectivity index (χ3v) is 5.38. The molecule has 0 saturated carbocycles. The lowest BCUT2D eigenvalue weighted by atomic mass is 9.81. The highest BCUT2D eigenvalue weighted by molar-refractivity contribution is 6.26. The zero-order valence-corrected chi connectivity index (χ0v) is 15.6. The highest BCUT2D eigenvalue weighted by atomic mass is 16.1. The topological polar surface area (TPSA) is 30.0 Å². The van der Waals surface area contributed by atoms with Crippen LogP contribution in [0.2, 0.25) is 0 Å². The summed E-state index contributed by atoms with van der Waals surface area (Å²) in [6.45, 7) is 6.29. The second kappa shape index (κ2) is 5.62. The molecule has 0 spiro atoms. The molecule has 5 rings (SSSR count). The van der Waals surface area contributed by atoms with Crippen LogP contribution in [0.5, 0.6) is 0 Å². The standard InChI is InChI=1S/C25H19NO/c1-14-10-15(2)12-17(11-14)22-13-20-23-16(3)6-4-7-18(23)25(27)19-8-5-9-21(26-22)24(19)20/h4-13H,1-3H3. The Morgan fingerprint density at radius 1 is 0.741 bits per heavy atom. The SMILES string of the molecule is Cc1cc(C)cc(-c2cc3c4c(cccc4n2)C(=O)c2cccc(C)c2-3)c1. The minimum absolute atomic E-state index is 0.0905. The monoisotopic (exact) mass is 349 g/mol. The molecule has 0 amide bonds. The van der Waals surface area contributed by atoms with Gasteiger partial charge in [-0.1, -0.05) is 47.5 Å². The van der Waals surface area contributed by atoms with E-state index >= 15 is 0 Å². The van der Waals surface area contributed by atoms with E-state index in [2.05, 4.69) is 51.1 Å². The van der Waals surface area contributed by atoms with E-state index in [0.717, 1.165) is 50.0 Å². The van der Waals surface area contributed by atoms with Gasteiger partial charge in [0, 0.05) is 22.1 Å². The Balaban J connectivity index is 1.91. The molecule has 0 bridgehead atoms. The number of pyridine rings is 1. The summed E-state index contributed by atoms with van der Waals surface area (Å²) in [5.41, 5.74) is 10.2. The predicted molar refractivity (Wildman–Crippen MR) is 110 cm³/mol. The second-order valence-electron chi connectivity index (χ2n) is 7.46. The van der Waals surface area contributed by atoms with E-state index in [-0.39, 0.29) is 5.78 Å². The summed E-state index contributed by atoms with van der Waals surface area (Å²) in [7, 11) is 0. The molecule has 0 radical (unpaired) electrons. The Hall–Kier alpha value is -3.26. The van der Waals surface area contributed by atoms with Crippen molar-refractivity contribution in [3.63, 3.8) is 0 Å². The van der Waals surface area contributed by atoms with E-state index in [4.69, 9.17) is 4.98 Å². The maximum absolute atomic E-state index is 13.1. The fourth-order valence-electron chi connectivity index (χ4n) is 4.30. The predicted octanol–water partition coefficient (Wildman–Crippen LogP) is 6.04. The van der Waals surface area contributed by atoms with Crippen LogP contribution in [0, 0.1) is 20.8 Å². The molecule has 0 unspecified atom stereocenters. The van der Waals surface area contributed by atoms with Crippen LogP contribution in [-0.4, -0.2) is 10.8 Å². The van der Waals surface area contributed by atoms with Crippen molar-refractivity contribution in [2.24, 2.45) is 0 Å². The minimum atomic E-state index is 0.0905. The first kappa shape index (κ1) is 16.0. The quantitative estimate of drug-likeness (QED) is 0.369. The zero-order valence-electron chi connectivity index (χ0n) is 15.6. The number of carbonyl (C=O) groups is 1. The van der Waals surface area contributed by atoms with Crippen molar-refractivity contribution in [1.82, 2.24) is 4.98 Å². The maximum atomic E-state index is 13.1. The number of hydrogen-bond acceptors (Lipinski definition) is 2. The number of carbonyl (C=O) groups excluding carboxylic acids is 1. The molecule has 0 N–H and O–H groups in total. The van der Waals surface area contributed by atoms with Crippen molar-refractivity contribution in [1.29, 1.82) is 0 Å². The van der Waals surface area contributed by atoms with Crippen LogP contribution >= 0.6 is 0 Å². The largest absolute Gasteiger partial charge is 0.289 e. The van der Waals surface area contributed by atoms with Gasteiger partial charge in [0.25, 0.3) is 0 Å². The molecule has 0 atom stereocenters. The van der Waals surface area contributed by atoms with Gasteiger partial charge in [-0.05, 0) is 61.7 Å².